The highest BCUT2D eigenvalue weighted by Crippen LogP contribution is 2.12. The minimum absolute atomic E-state index is 0.0139. The van der Waals surface area contributed by atoms with E-state index in [1.54, 1.807) is 17.3 Å². The summed E-state index contributed by atoms with van der Waals surface area (Å²) in [4.78, 5) is 27.7. The van der Waals surface area contributed by atoms with Crippen LogP contribution in [0.2, 0.25) is 0 Å². The van der Waals surface area contributed by atoms with Gasteiger partial charge >= 0.3 is 0 Å². The number of anilines is 1. The van der Waals surface area contributed by atoms with Crippen molar-refractivity contribution in [3.8, 4) is 0 Å². The molecule has 1 amide bonds. The largest absolute Gasteiger partial charge is 0.342 e. The van der Waals surface area contributed by atoms with Crippen molar-refractivity contribution in [3.63, 3.8) is 0 Å². The maximum Gasteiger partial charge on any atom is 0.256 e. The van der Waals surface area contributed by atoms with E-state index in [-0.39, 0.29) is 5.91 Å². The van der Waals surface area contributed by atoms with Crippen molar-refractivity contribution in [2.45, 2.75) is 19.8 Å². The molecule has 0 bridgehead atoms. The molecule has 0 spiro atoms. The second-order valence-corrected chi connectivity index (χ2v) is 7.45. The Hall–Kier alpha value is -2.73. The van der Waals surface area contributed by atoms with Crippen LogP contribution in [0.4, 0.5) is 5.95 Å². The van der Waals surface area contributed by atoms with Crippen LogP contribution >= 0.6 is 0 Å². The Morgan fingerprint density at radius 3 is 2.45 bits per heavy atom. The second kappa shape index (κ2) is 10.7. The zero-order chi connectivity index (χ0) is 20.5. The van der Waals surface area contributed by atoms with Crippen LogP contribution in [0.5, 0.6) is 0 Å². The lowest BCUT2D eigenvalue weighted by atomic mass is 10.2. The SMILES string of the molecule is CCCCN(C)C(=O)c1cnc(N2CCN(C/C=C/c3ccccc3)CC2)nc1. The van der Waals surface area contributed by atoms with Gasteiger partial charge in [-0.05, 0) is 12.0 Å². The van der Waals surface area contributed by atoms with E-state index < -0.39 is 0 Å². The van der Waals surface area contributed by atoms with Crippen molar-refractivity contribution in [2.75, 3.05) is 51.2 Å². The highest BCUT2D eigenvalue weighted by Gasteiger charge is 2.19. The first-order chi connectivity index (χ1) is 14.2. The summed E-state index contributed by atoms with van der Waals surface area (Å²) in [5.41, 5.74) is 1.78. The molecule has 1 aliphatic rings. The molecule has 0 N–H and O–H groups in total. The van der Waals surface area contributed by atoms with Crippen LogP contribution in [0.15, 0.2) is 48.8 Å². The molecule has 1 aromatic carbocycles. The van der Waals surface area contributed by atoms with Gasteiger partial charge in [-0.25, -0.2) is 9.97 Å². The number of carbonyl (C=O) groups excluding carboxylic acids is 1. The van der Waals surface area contributed by atoms with Gasteiger partial charge in [0.15, 0.2) is 0 Å². The summed E-state index contributed by atoms with van der Waals surface area (Å²) in [6.45, 7) is 7.56. The minimum Gasteiger partial charge on any atom is -0.342 e. The normalized spacial score (nSPS) is 15.0. The van der Waals surface area contributed by atoms with E-state index in [0.717, 1.165) is 52.1 Å². The number of hydrogen-bond acceptors (Lipinski definition) is 5. The third-order valence-electron chi connectivity index (χ3n) is 5.21. The van der Waals surface area contributed by atoms with E-state index in [0.29, 0.717) is 11.5 Å². The fourth-order valence-electron chi connectivity index (χ4n) is 3.34. The van der Waals surface area contributed by atoms with Crippen LogP contribution in [-0.4, -0.2) is 72.0 Å². The predicted octanol–water partition coefficient (Wildman–Crippen LogP) is 3.18. The Morgan fingerprint density at radius 2 is 1.79 bits per heavy atom. The molecule has 1 aliphatic heterocycles. The van der Waals surface area contributed by atoms with E-state index in [4.69, 9.17) is 0 Å². The summed E-state index contributed by atoms with van der Waals surface area (Å²) < 4.78 is 0. The predicted molar refractivity (Wildman–Crippen MR) is 118 cm³/mol. The van der Waals surface area contributed by atoms with Gasteiger partial charge in [0.1, 0.15) is 0 Å². The highest BCUT2D eigenvalue weighted by atomic mass is 16.2. The Morgan fingerprint density at radius 1 is 1.10 bits per heavy atom. The summed E-state index contributed by atoms with van der Waals surface area (Å²) in [5.74, 6) is 0.692. The summed E-state index contributed by atoms with van der Waals surface area (Å²) in [6, 6.07) is 10.4. The van der Waals surface area contributed by atoms with Gasteiger partial charge in [0.25, 0.3) is 5.91 Å². The average Bonchev–Trinajstić information content (AvgIpc) is 2.78. The number of carbonyl (C=O) groups is 1. The molecule has 3 rings (SSSR count). The second-order valence-electron chi connectivity index (χ2n) is 7.45. The van der Waals surface area contributed by atoms with E-state index >= 15 is 0 Å². The zero-order valence-electron chi connectivity index (χ0n) is 17.5. The van der Waals surface area contributed by atoms with E-state index in [2.05, 4.69) is 63.1 Å². The molecule has 0 saturated carbocycles. The Labute approximate surface area is 173 Å². The molecule has 6 heteroatoms. The molecule has 154 valence electrons. The van der Waals surface area contributed by atoms with Gasteiger partial charge < -0.3 is 9.80 Å². The lowest BCUT2D eigenvalue weighted by Gasteiger charge is -2.34. The number of amides is 1. The van der Waals surface area contributed by atoms with Crippen LogP contribution in [-0.2, 0) is 0 Å². The van der Waals surface area contributed by atoms with Crippen molar-refractivity contribution in [3.05, 3.63) is 59.9 Å². The fourth-order valence-corrected chi connectivity index (χ4v) is 3.34. The monoisotopic (exact) mass is 393 g/mol. The van der Waals surface area contributed by atoms with Crippen LogP contribution in [0.25, 0.3) is 6.08 Å². The number of hydrogen-bond donors (Lipinski definition) is 0. The molecule has 2 heterocycles. The Bertz CT molecular complexity index is 783. The molecule has 0 atom stereocenters. The third-order valence-corrected chi connectivity index (χ3v) is 5.21. The summed E-state index contributed by atoms with van der Waals surface area (Å²) >= 11 is 0. The topological polar surface area (TPSA) is 52.6 Å². The van der Waals surface area contributed by atoms with Gasteiger partial charge in [-0.2, -0.15) is 0 Å². The molecule has 29 heavy (non-hydrogen) atoms. The average molecular weight is 394 g/mol. The van der Waals surface area contributed by atoms with Crippen LogP contribution < -0.4 is 4.90 Å². The number of rotatable bonds is 8. The molecule has 2 aromatic rings. The van der Waals surface area contributed by atoms with Crippen molar-refractivity contribution in [1.29, 1.82) is 0 Å². The standard InChI is InChI=1S/C23H31N5O/c1-3-4-12-26(2)22(29)21-18-24-23(25-19-21)28-16-14-27(15-17-28)13-8-11-20-9-6-5-7-10-20/h5-11,18-19H,3-4,12-17H2,1-2H3/b11-8+. The molecule has 1 aromatic heterocycles. The number of benzene rings is 1. The number of nitrogens with zero attached hydrogens (tertiary/aromatic N) is 5. The van der Waals surface area contributed by atoms with Crippen LogP contribution in [0.3, 0.4) is 0 Å². The summed E-state index contributed by atoms with van der Waals surface area (Å²) in [5, 5.41) is 0. The highest BCUT2D eigenvalue weighted by molar-refractivity contribution is 5.93. The Kier molecular flexibility index (Phi) is 7.76. The molecule has 0 aliphatic carbocycles. The first kappa shape index (κ1) is 21.0. The molecular formula is C23H31N5O. The van der Waals surface area contributed by atoms with Crippen molar-refractivity contribution < 1.29 is 4.79 Å². The maximum atomic E-state index is 12.4. The summed E-state index contributed by atoms with van der Waals surface area (Å²) in [6.07, 6.45) is 9.77. The lowest BCUT2D eigenvalue weighted by Crippen LogP contribution is -2.47. The first-order valence-corrected chi connectivity index (χ1v) is 10.4. The van der Waals surface area contributed by atoms with E-state index in [1.807, 2.05) is 13.1 Å². The van der Waals surface area contributed by atoms with E-state index in [9.17, 15) is 4.79 Å². The number of unbranched alkanes of at least 4 members (excludes halogenated alkanes) is 1. The van der Waals surface area contributed by atoms with Gasteiger partial charge in [-0.15, -0.1) is 0 Å². The van der Waals surface area contributed by atoms with Gasteiger partial charge in [-0.3, -0.25) is 9.69 Å². The quantitative estimate of drug-likeness (QED) is 0.689. The van der Waals surface area contributed by atoms with Gasteiger partial charge in [-0.1, -0.05) is 55.8 Å². The van der Waals surface area contributed by atoms with Crippen LogP contribution in [0, 0.1) is 0 Å². The fraction of sp³-hybridized carbons (Fsp3) is 0.435. The maximum absolute atomic E-state index is 12.4. The van der Waals surface area contributed by atoms with Gasteiger partial charge in [0.05, 0.1) is 5.56 Å². The number of piperazine rings is 1. The van der Waals surface area contributed by atoms with Gasteiger partial charge in [0.2, 0.25) is 5.95 Å². The molecule has 0 radical (unpaired) electrons. The van der Waals surface area contributed by atoms with Crippen LogP contribution in [0.1, 0.15) is 35.7 Å². The third kappa shape index (κ3) is 6.12. The smallest absolute Gasteiger partial charge is 0.256 e. The van der Waals surface area contributed by atoms with Crippen molar-refractivity contribution in [1.82, 2.24) is 19.8 Å². The zero-order valence-corrected chi connectivity index (χ0v) is 17.5. The van der Waals surface area contributed by atoms with Crippen molar-refractivity contribution in [2.24, 2.45) is 0 Å². The molecular weight excluding hydrogens is 362 g/mol. The minimum atomic E-state index is -0.0139. The number of aromatic nitrogens is 2. The lowest BCUT2D eigenvalue weighted by molar-refractivity contribution is 0.0792. The van der Waals surface area contributed by atoms with Crippen molar-refractivity contribution >= 4 is 17.9 Å². The molecule has 1 saturated heterocycles. The van der Waals surface area contributed by atoms with Gasteiger partial charge in [0, 0.05) is 58.7 Å². The summed E-state index contributed by atoms with van der Waals surface area (Å²) in [7, 11) is 1.83. The van der Waals surface area contributed by atoms with E-state index in [1.165, 1.54) is 5.56 Å². The molecule has 6 nitrogen and oxygen atoms in total. The molecule has 1 fully saturated rings. The molecule has 0 unspecified atom stereocenters. The Balaban J connectivity index is 1.47. The first-order valence-electron chi connectivity index (χ1n) is 10.4.